The number of hydrogen-bond acceptors (Lipinski definition) is 0. The monoisotopic (exact) mass is 392 g/mol. The van der Waals surface area contributed by atoms with Gasteiger partial charge in [0.15, 0.2) is 0 Å². The molecule has 0 aromatic rings. The molecule has 0 heterocycles. The van der Waals surface area contributed by atoms with Crippen LogP contribution < -0.4 is 0 Å². The Bertz CT molecular complexity index is 11.7. The van der Waals surface area contributed by atoms with Crippen molar-refractivity contribution in [3.05, 3.63) is 0 Å². The van der Waals surface area contributed by atoms with Crippen LogP contribution in [-0.2, 0) is 16.4 Å². The summed E-state index contributed by atoms with van der Waals surface area (Å²) in [4.78, 5) is 0. The molecule has 0 amide bonds. The molecule has 4 nitrogen and oxygen atoms in total. The molecule has 0 bridgehead atoms. The minimum Gasteiger partial charge on any atom is -2.00 e. The summed E-state index contributed by atoms with van der Waals surface area (Å²) in [5.41, 5.74) is 0. The summed E-state index contributed by atoms with van der Waals surface area (Å²) >= 11 is 0. The zero-order valence-electron chi connectivity index (χ0n) is 3.13. The van der Waals surface area contributed by atoms with E-state index in [0.717, 1.165) is 0 Å². The number of rotatable bonds is 0. The molecule has 0 saturated heterocycles. The van der Waals surface area contributed by atoms with Crippen molar-refractivity contribution in [3.63, 3.8) is 0 Å². The smallest absolute Gasteiger partial charge is 2.00 e. The average Bonchev–Trinajstić information content (AvgIpc) is 0. The van der Waals surface area contributed by atoms with Crippen molar-refractivity contribution in [2.75, 3.05) is 0 Å². The summed E-state index contributed by atoms with van der Waals surface area (Å²) in [5.74, 6) is 0. The van der Waals surface area contributed by atoms with Crippen LogP contribution in [0.4, 0.5) is 0 Å². The first-order chi connectivity index (χ1) is 0. The topological polar surface area (TPSA) is 117 Å². The fourth-order valence-electron chi connectivity index (χ4n) is 0. The van der Waals surface area contributed by atoms with Gasteiger partial charge >= 0.3 is 82.1 Å². The minimum absolute atomic E-state index is 0. The van der Waals surface area contributed by atoms with Gasteiger partial charge in [0.05, 0.1) is 0 Å². The van der Waals surface area contributed by atoms with E-state index in [1.54, 1.807) is 0 Å². The van der Waals surface area contributed by atoms with Gasteiger partial charge in [-0.25, -0.2) is 0 Å². The van der Waals surface area contributed by atoms with Gasteiger partial charge in [-0.3, -0.25) is 0 Å². The van der Waals surface area contributed by atoms with Crippen LogP contribution in [0, 0.1) is 82.1 Å². The van der Waals surface area contributed by atoms with Crippen LogP contribution in [0.15, 0.2) is 0 Å². The molecule has 0 aliphatic carbocycles. The van der Waals surface area contributed by atoms with E-state index in [1.807, 2.05) is 0 Å². The van der Waals surface area contributed by atoms with Crippen LogP contribution in [0.2, 0.25) is 0 Å². The molecule has 0 atom stereocenters. The van der Waals surface area contributed by atoms with Gasteiger partial charge in [0.2, 0.25) is 0 Å². The van der Waals surface area contributed by atoms with Crippen LogP contribution in [0.3, 0.4) is 0 Å². The quantitative estimate of drug-likeness (QED) is 0.501. The van der Waals surface area contributed by atoms with E-state index in [1.165, 1.54) is 0 Å². The second-order valence-electron chi connectivity index (χ2n) is 0. The van der Waals surface area contributed by atoms with Gasteiger partial charge in [0.25, 0.3) is 0 Å². The van der Waals surface area contributed by atoms with Crippen LogP contribution in [0.1, 0.15) is 0 Å². The molecule has 44 valence electrons. The Kier molecular flexibility index (Phi) is 877. The van der Waals surface area contributed by atoms with Crippen molar-refractivity contribution < 1.29 is 104 Å². The zero-order valence-corrected chi connectivity index (χ0v) is 9.89. The standard InChI is InChI=1S/Ce.H2O.3O.H2S.Sm/h;1H2;;;;1H2;/q+3;;3*-2;;+3. The predicted octanol–water partition coefficient (Wildman–Crippen LogP) is -1.07. The van der Waals surface area contributed by atoms with Crippen molar-refractivity contribution in [3.8, 4) is 0 Å². The normalized spacial score (nSPS) is 0. The Morgan fingerprint density at radius 1 is 0.714 bits per heavy atom. The van der Waals surface area contributed by atoms with Crippen molar-refractivity contribution in [2.45, 2.75) is 0 Å². The van der Waals surface area contributed by atoms with Gasteiger partial charge in [-0.1, -0.05) is 0 Å². The Hall–Kier alpha value is 2.90. The van der Waals surface area contributed by atoms with Crippen molar-refractivity contribution in [2.24, 2.45) is 0 Å². The predicted molar refractivity (Wildman–Crippen MR) is 16.1 cm³/mol. The summed E-state index contributed by atoms with van der Waals surface area (Å²) in [7, 11) is 0. The van der Waals surface area contributed by atoms with E-state index < -0.39 is 0 Å². The molecule has 0 aromatic carbocycles. The fourth-order valence-corrected chi connectivity index (χ4v) is 0. The number of hydrogen-bond donors (Lipinski definition) is 0. The Morgan fingerprint density at radius 3 is 0.714 bits per heavy atom. The van der Waals surface area contributed by atoms with Crippen LogP contribution >= 0.6 is 13.5 Å². The third-order valence-corrected chi connectivity index (χ3v) is 0. The minimum atomic E-state index is 0. The van der Waals surface area contributed by atoms with E-state index in [4.69, 9.17) is 0 Å². The van der Waals surface area contributed by atoms with Crippen molar-refractivity contribution in [1.29, 1.82) is 0 Å². The molecule has 0 aliphatic rings. The van der Waals surface area contributed by atoms with Gasteiger partial charge in [-0.2, -0.15) is 13.5 Å². The van der Waals surface area contributed by atoms with Crippen LogP contribution in [0.25, 0.3) is 0 Å². The van der Waals surface area contributed by atoms with E-state index >= 15 is 0 Å². The SMILES string of the molecule is O.S.[Ce+3].[O-2].[O-2].[O-2].[Sm+3]. The van der Waals surface area contributed by atoms with Crippen molar-refractivity contribution >= 4 is 13.5 Å². The van der Waals surface area contributed by atoms with E-state index in [2.05, 4.69) is 0 Å². The molecule has 0 aromatic heterocycles. The second-order valence-corrected chi connectivity index (χ2v) is 0. The maximum Gasteiger partial charge on any atom is 3.00 e. The second kappa shape index (κ2) is 66.0. The summed E-state index contributed by atoms with van der Waals surface area (Å²) in [6.45, 7) is 0. The summed E-state index contributed by atoms with van der Waals surface area (Å²) < 4.78 is 0. The molecule has 0 spiro atoms. The third-order valence-electron chi connectivity index (χ3n) is 0. The summed E-state index contributed by atoms with van der Waals surface area (Å²) in [5, 5.41) is 0. The molecular formula is H4CeO4SSm. The largest absolute Gasteiger partial charge is 3.00 e. The molecule has 0 rings (SSSR count). The Labute approximate surface area is 115 Å². The van der Waals surface area contributed by atoms with Gasteiger partial charge in [-0.05, 0) is 0 Å². The van der Waals surface area contributed by atoms with Gasteiger partial charge in [0, 0.05) is 0 Å². The van der Waals surface area contributed by atoms with Crippen LogP contribution in [0.5, 0.6) is 0 Å². The molecule has 0 aliphatic heterocycles. The Morgan fingerprint density at radius 2 is 0.714 bits per heavy atom. The molecule has 7 heavy (non-hydrogen) atoms. The van der Waals surface area contributed by atoms with Gasteiger partial charge in [0.1, 0.15) is 0 Å². The molecular weight excluding hydrogens is 387 g/mol. The zero-order chi connectivity index (χ0) is 0. The summed E-state index contributed by atoms with van der Waals surface area (Å²) in [6.07, 6.45) is 0. The maximum absolute atomic E-state index is 0. The molecule has 2 radical (unpaired) electrons. The van der Waals surface area contributed by atoms with Crippen LogP contribution in [-0.4, -0.2) is 5.48 Å². The van der Waals surface area contributed by atoms with E-state index in [0.29, 0.717) is 0 Å². The first-order valence-corrected chi connectivity index (χ1v) is 0. The molecule has 0 fully saturated rings. The Balaban J connectivity index is 0. The van der Waals surface area contributed by atoms with Gasteiger partial charge < -0.3 is 21.9 Å². The first kappa shape index (κ1) is 93.1. The molecule has 0 unspecified atom stereocenters. The third kappa shape index (κ3) is 50.3. The van der Waals surface area contributed by atoms with E-state index in [-0.39, 0.29) is 118 Å². The maximum atomic E-state index is 0. The van der Waals surface area contributed by atoms with E-state index in [9.17, 15) is 0 Å². The van der Waals surface area contributed by atoms with Crippen molar-refractivity contribution in [1.82, 2.24) is 0 Å². The average molecular weight is 391 g/mol. The molecule has 2 N–H and O–H groups in total. The summed E-state index contributed by atoms with van der Waals surface area (Å²) in [6, 6.07) is 0. The first-order valence-electron chi connectivity index (χ1n) is 0. The van der Waals surface area contributed by atoms with Gasteiger partial charge in [-0.15, -0.1) is 0 Å². The molecule has 0 saturated carbocycles. The molecule has 7 heteroatoms. The fraction of sp³-hybridized carbons (Fsp3) is 0.